The lowest BCUT2D eigenvalue weighted by molar-refractivity contribution is 0.148. The van der Waals surface area contributed by atoms with Crippen LogP contribution in [-0.2, 0) is 6.42 Å². The van der Waals surface area contributed by atoms with Crippen molar-refractivity contribution in [1.29, 1.82) is 0 Å². The van der Waals surface area contributed by atoms with E-state index in [-0.39, 0.29) is 6.10 Å². The molecule has 0 aliphatic carbocycles. The number of fused-ring (bicyclic) bond motifs is 1. The average Bonchev–Trinajstić information content (AvgIpc) is 2.88. The number of anilines is 1. The molecule has 0 amide bonds. The van der Waals surface area contributed by atoms with E-state index in [9.17, 15) is 0 Å². The highest BCUT2D eigenvalue weighted by atomic mass is 16.5. The van der Waals surface area contributed by atoms with E-state index in [0.717, 1.165) is 23.6 Å². The minimum atomic E-state index is 0.112. The van der Waals surface area contributed by atoms with E-state index in [2.05, 4.69) is 11.4 Å². The summed E-state index contributed by atoms with van der Waals surface area (Å²) < 4.78 is 11.6. The molecule has 1 aliphatic heterocycles. The quantitative estimate of drug-likeness (QED) is 0.910. The summed E-state index contributed by atoms with van der Waals surface area (Å²) in [6.45, 7) is 0.577. The summed E-state index contributed by atoms with van der Waals surface area (Å²) in [6, 6.07) is 16.1. The first kappa shape index (κ1) is 11.9. The van der Waals surface area contributed by atoms with Crippen molar-refractivity contribution in [2.75, 3.05) is 19.0 Å². The molecule has 1 N–H and O–H groups in total. The predicted molar refractivity (Wildman–Crippen MR) is 76.0 cm³/mol. The van der Waals surface area contributed by atoms with E-state index in [0.29, 0.717) is 6.61 Å². The van der Waals surface area contributed by atoms with Crippen LogP contribution in [0.1, 0.15) is 5.56 Å². The van der Waals surface area contributed by atoms with Gasteiger partial charge < -0.3 is 14.8 Å². The molecule has 0 spiro atoms. The van der Waals surface area contributed by atoms with Gasteiger partial charge in [-0.05, 0) is 35.9 Å². The Bertz CT molecular complexity index is 526. The van der Waals surface area contributed by atoms with E-state index in [1.807, 2.05) is 49.5 Å². The van der Waals surface area contributed by atoms with Gasteiger partial charge in [0.2, 0.25) is 0 Å². The first-order valence-electron chi connectivity index (χ1n) is 6.50. The molecule has 0 radical (unpaired) electrons. The van der Waals surface area contributed by atoms with Crippen LogP contribution in [0.4, 0.5) is 5.69 Å². The molecule has 1 unspecified atom stereocenters. The molecule has 0 fully saturated rings. The lowest BCUT2D eigenvalue weighted by Gasteiger charge is -2.12. The van der Waals surface area contributed by atoms with Crippen LogP contribution in [0.15, 0.2) is 48.5 Å². The van der Waals surface area contributed by atoms with Gasteiger partial charge in [0.05, 0.1) is 0 Å². The molecule has 1 atom stereocenters. The fraction of sp³-hybridized carbons (Fsp3) is 0.250. The second kappa shape index (κ2) is 5.22. The highest BCUT2D eigenvalue weighted by molar-refractivity contribution is 5.45. The summed E-state index contributed by atoms with van der Waals surface area (Å²) in [6.07, 6.45) is 1.03. The zero-order valence-corrected chi connectivity index (χ0v) is 10.9. The smallest absolute Gasteiger partial charge is 0.137 e. The Morgan fingerprint density at radius 3 is 2.68 bits per heavy atom. The van der Waals surface area contributed by atoms with E-state index < -0.39 is 0 Å². The zero-order valence-electron chi connectivity index (χ0n) is 10.9. The highest BCUT2D eigenvalue weighted by Gasteiger charge is 2.22. The van der Waals surface area contributed by atoms with Crippen LogP contribution in [0.5, 0.6) is 11.5 Å². The Morgan fingerprint density at radius 2 is 1.95 bits per heavy atom. The third-order valence-electron chi connectivity index (χ3n) is 3.29. The van der Waals surface area contributed by atoms with Gasteiger partial charge in [-0.3, -0.25) is 0 Å². The maximum atomic E-state index is 5.84. The standard InChI is InChI=1S/C16H17NO2/c1-17-13-6-8-14(9-7-13)18-11-15-10-12-4-2-3-5-16(12)19-15/h2-9,15,17H,10-11H2,1H3. The maximum Gasteiger partial charge on any atom is 0.137 e. The summed E-state index contributed by atoms with van der Waals surface area (Å²) in [4.78, 5) is 0. The number of rotatable bonds is 4. The highest BCUT2D eigenvalue weighted by Crippen LogP contribution is 2.28. The molecule has 0 saturated heterocycles. The van der Waals surface area contributed by atoms with Gasteiger partial charge in [0.25, 0.3) is 0 Å². The van der Waals surface area contributed by atoms with E-state index in [4.69, 9.17) is 9.47 Å². The number of nitrogens with one attached hydrogen (secondary N) is 1. The summed E-state index contributed by atoms with van der Waals surface area (Å²) in [5, 5.41) is 3.08. The van der Waals surface area contributed by atoms with E-state index in [1.165, 1.54) is 5.56 Å². The van der Waals surface area contributed by atoms with Crippen molar-refractivity contribution in [2.45, 2.75) is 12.5 Å². The first-order chi connectivity index (χ1) is 9.35. The minimum Gasteiger partial charge on any atom is -0.490 e. The molecule has 1 aliphatic rings. The molecule has 98 valence electrons. The van der Waals surface area contributed by atoms with Crippen molar-refractivity contribution < 1.29 is 9.47 Å². The number of benzene rings is 2. The third-order valence-corrected chi connectivity index (χ3v) is 3.29. The molecule has 19 heavy (non-hydrogen) atoms. The van der Waals surface area contributed by atoms with Crippen LogP contribution < -0.4 is 14.8 Å². The molecule has 3 nitrogen and oxygen atoms in total. The molecule has 0 bridgehead atoms. The van der Waals surface area contributed by atoms with Crippen LogP contribution in [-0.4, -0.2) is 19.8 Å². The molecule has 2 aromatic carbocycles. The number of para-hydroxylation sites is 1. The number of ether oxygens (including phenoxy) is 2. The summed E-state index contributed by atoms with van der Waals surface area (Å²) in [5.41, 5.74) is 2.35. The van der Waals surface area contributed by atoms with Crippen LogP contribution in [0.25, 0.3) is 0 Å². The fourth-order valence-corrected chi connectivity index (χ4v) is 2.25. The molecule has 2 aromatic rings. The Balaban J connectivity index is 1.56. The van der Waals surface area contributed by atoms with Crippen LogP contribution in [0, 0.1) is 0 Å². The van der Waals surface area contributed by atoms with Crippen molar-refractivity contribution in [2.24, 2.45) is 0 Å². The lowest BCUT2D eigenvalue weighted by atomic mass is 10.1. The molecule has 3 heteroatoms. The molecule has 1 heterocycles. The molecule has 0 saturated carbocycles. The van der Waals surface area contributed by atoms with Gasteiger partial charge in [0, 0.05) is 19.2 Å². The second-order valence-corrected chi connectivity index (χ2v) is 4.64. The normalized spacial score (nSPS) is 16.6. The van der Waals surface area contributed by atoms with Gasteiger partial charge in [-0.1, -0.05) is 18.2 Å². The van der Waals surface area contributed by atoms with E-state index in [1.54, 1.807) is 0 Å². The van der Waals surface area contributed by atoms with Gasteiger partial charge in [-0.15, -0.1) is 0 Å². The predicted octanol–water partition coefficient (Wildman–Crippen LogP) is 3.11. The van der Waals surface area contributed by atoms with Crippen LogP contribution in [0.3, 0.4) is 0 Å². The van der Waals surface area contributed by atoms with Gasteiger partial charge in [-0.2, -0.15) is 0 Å². The van der Waals surface area contributed by atoms with Gasteiger partial charge in [-0.25, -0.2) is 0 Å². The second-order valence-electron chi connectivity index (χ2n) is 4.64. The molecular formula is C16H17NO2. The third kappa shape index (κ3) is 2.65. The fourth-order valence-electron chi connectivity index (χ4n) is 2.25. The number of hydrogen-bond donors (Lipinski definition) is 1. The van der Waals surface area contributed by atoms with E-state index >= 15 is 0 Å². The Kier molecular flexibility index (Phi) is 3.27. The monoisotopic (exact) mass is 255 g/mol. The van der Waals surface area contributed by atoms with Crippen LogP contribution >= 0.6 is 0 Å². The topological polar surface area (TPSA) is 30.5 Å². The maximum absolute atomic E-state index is 5.84. The Labute approximate surface area is 113 Å². The number of hydrogen-bond acceptors (Lipinski definition) is 3. The lowest BCUT2D eigenvalue weighted by Crippen LogP contribution is -2.22. The van der Waals surface area contributed by atoms with Crippen LogP contribution in [0.2, 0.25) is 0 Å². The minimum absolute atomic E-state index is 0.112. The molecular weight excluding hydrogens is 238 g/mol. The van der Waals surface area contributed by atoms with Crippen molar-refractivity contribution in [3.63, 3.8) is 0 Å². The van der Waals surface area contributed by atoms with Gasteiger partial charge in [0.15, 0.2) is 0 Å². The Morgan fingerprint density at radius 1 is 1.16 bits per heavy atom. The van der Waals surface area contributed by atoms with Gasteiger partial charge in [0.1, 0.15) is 24.2 Å². The van der Waals surface area contributed by atoms with Gasteiger partial charge >= 0.3 is 0 Å². The van der Waals surface area contributed by atoms with Crippen molar-refractivity contribution in [3.8, 4) is 11.5 Å². The molecule has 0 aromatic heterocycles. The van der Waals surface area contributed by atoms with Crippen molar-refractivity contribution in [1.82, 2.24) is 0 Å². The Hall–Kier alpha value is -2.16. The first-order valence-corrected chi connectivity index (χ1v) is 6.50. The van der Waals surface area contributed by atoms with Crippen molar-refractivity contribution in [3.05, 3.63) is 54.1 Å². The summed E-state index contributed by atoms with van der Waals surface area (Å²) in [7, 11) is 1.90. The van der Waals surface area contributed by atoms with Crippen molar-refractivity contribution >= 4 is 5.69 Å². The SMILES string of the molecule is CNc1ccc(OCC2Cc3ccccc3O2)cc1. The average molecular weight is 255 g/mol. The molecule has 3 rings (SSSR count). The zero-order chi connectivity index (χ0) is 13.1. The summed E-state index contributed by atoms with van der Waals surface area (Å²) >= 11 is 0. The largest absolute Gasteiger partial charge is 0.490 e. The summed E-state index contributed by atoms with van der Waals surface area (Å²) in [5.74, 6) is 1.86.